The van der Waals surface area contributed by atoms with Gasteiger partial charge in [0.2, 0.25) is 47.2 Å². The van der Waals surface area contributed by atoms with Gasteiger partial charge in [0, 0.05) is 110 Å². The monoisotopic (exact) mass is 1990 g/mol. The van der Waals surface area contributed by atoms with Crippen LogP contribution in [0.4, 0.5) is 17.6 Å². The van der Waals surface area contributed by atoms with Gasteiger partial charge in [-0.3, -0.25) is 59.9 Å². The van der Waals surface area contributed by atoms with E-state index in [0.29, 0.717) is 88.7 Å². The maximum Gasteiger partial charge on any atom is 1.00 e. The first-order valence-electron chi connectivity index (χ1n) is 35.9. The van der Waals surface area contributed by atoms with Crippen LogP contribution in [0.2, 0.25) is 5.15 Å². The summed E-state index contributed by atoms with van der Waals surface area (Å²) >= 11 is 11.1. The summed E-state index contributed by atoms with van der Waals surface area (Å²) in [6.45, 7) is 9.61. The minimum Gasteiger partial charge on any atom is -1.00 e. The molecule has 11 N–H and O–H groups in total. The molecule has 46 heteroatoms. The van der Waals surface area contributed by atoms with Crippen LogP contribution in [-0.2, 0) is 43.2 Å². The Kier molecular flexibility index (Phi) is 46.0. The van der Waals surface area contributed by atoms with Crippen LogP contribution in [-0.4, -0.2) is 202 Å². The van der Waals surface area contributed by atoms with Gasteiger partial charge in [-0.25, -0.2) is 50.5 Å². The summed E-state index contributed by atoms with van der Waals surface area (Å²) in [4.78, 5) is 129. The van der Waals surface area contributed by atoms with Crippen molar-refractivity contribution in [2.45, 2.75) is 97.6 Å². The van der Waals surface area contributed by atoms with Crippen molar-refractivity contribution in [3.63, 3.8) is 0 Å². The quantitative estimate of drug-likeness (QED) is 0.00423. The first kappa shape index (κ1) is 105. The van der Waals surface area contributed by atoms with Crippen molar-refractivity contribution in [1.29, 1.82) is 0 Å². The molecule has 4 atom stereocenters. The van der Waals surface area contributed by atoms with Crippen LogP contribution in [0.1, 0.15) is 152 Å². The molecule has 4 aromatic carbocycles. The Balaban J connectivity index is 0.000000389. The van der Waals surface area contributed by atoms with Gasteiger partial charge < -0.3 is 71.3 Å². The number of aromatic carboxylic acids is 2. The number of amides is 6. The predicted molar refractivity (Wildman–Crippen MR) is 411 cm³/mol. The molecule has 122 heavy (non-hydrogen) atoms. The van der Waals surface area contributed by atoms with Gasteiger partial charge in [0.25, 0.3) is 6.47 Å². The number of hydrazine groups is 1. The van der Waals surface area contributed by atoms with Gasteiger partial charge in [-0.05, 0) is 113 Å². The number of ether oxygens (including phenoxy) is 6. The van der Waals surface area contributed by atoms with Crippen molar-refractivity contribution in [3.05, 3.63) is 196 Å². The van der Waals surface area contributed by atoms with Gasteiger partial charge >= 0.3 is 156 Å². The van der Waals surface area contributed by atoms with Gasteiger partial charge in [0.05, 0.1) is 50.5 Å². The number of aromatic hydroxyl groups is 1. The number of phenolic OH excluding ortho intramolecular Hbond substituents is 1. The molecule has 13 rings (SSSR count). The topological polar surface area (TPSA) is 538 Å². The second kappa shape index (κ2) is 53.2. The zero-order chi connectivity index (χ0) is 88.4. The van der Waals surface area contributed by atoms with Gasteiger partial charge in [-0.1, -0.05) is 11.6 Å². The van der Waals surface area contributed by atoms with Gasteiger partial charge in [0.15, 0.2) is 16.9 Å². The van der Waals surface area contributed by atoms with Crippen molar-refractivity contribution in [2.75, 3.05) is 58.5 Å². The van der Waals surface area contributed by atoms with Crippen LogP contribution in [0.3, 0.4) is 0 Å². The number of nitrogens with zero attached hydrogens (tertiary/aromatic N) is 12. The minimum atomic E-state index is -1.17. The van der Waals surface area contributed by atoms with Crippen LogP contribution >= 0.6 is 23.2 Å². The summed E-state index contributed by atoms with van der Waals surface area (Å²) in [5.74, 6) is 4.02. The number of benzene rings is 4. The number of aliphatic hydroxyl groups excluding tert-OH is 2. The van der Waals surface area contributed by atoms with E-state index >= 15 is 0 Å². The number of carboxylic acids is 2. The summed E-state index contributed by atoms with van der Waals surface area (Å²) < 4.78 is 90.4. The molecule has 0 saturated carbocycles. The third-order valence-corrected chi connectivity index (χ3v) is 17.0. The molecule has 3 aliphatic rings. The Hall–Kier alpha value is -9.00. The van der Waals surface area contributed by atoms with Crippen molar-refractivity contribution < 1.29 is 269 Å². The number of alkyl halides is 1. The smallest absolute Gasteiger partial charge is 1.00 e. The van der Waals surface area contributed by atoms with Crippen molar-refractivity contribution in [3.8, 4) is 34.8 Å². The Labute approximate surface area is 821 Å². The number of aliphatic hydroxyl groups is 2. The first-order chi connectivity index (χ1) is 57.3. The van der Waals surface area contributed by atoms with E-state index < -0.39 is 65.6 Å². The van der Waals surface area contributed by atoms with E-state index in [2.05, 4.69) is 46.8 Å². The number of fused-ring (bicyclic) bond motifs is 3. The Morgan fingerprint density at radius 3 is 1.22 bits per heavy atom. The van der Waals surface area contributed by atoms with E-state index in [1.54, 1.807) is 39.1 Å². The van der Waals surface area contributed by atoms with E-state index in [1.165, 1.54) is 130 Å². The molecule has 0 aliphatic carbocycles. The number of carbonyl (C=O) groups is 10. The van der Waals surface area contributed by atoms with Gasteiger partial charge in [-0.2, -0.15) is 25.3 Å². The molecule has 2 unspecified atom stereocenters. The average molecular weight is 1990 g/mol. The third-order valence-electron chi connectivity index (χ3n) is 16.6. The normalized spacial score (nSPS) is 13.4. The second-order valence-corrected chi connectivity index (χ2v) is 25.5. The number of halogens is 6. The summed E-state index contributed by atoms with van der Waals surface area (Å²) in [5, 5.41) is 66.6. The number of hydrogen-bond donors (Lipinski definition) is 8. The molecular weight excluding hydrogens is 1900 g/mol. The number of carbonyl (C=O) groups excluding carboxylic acids is 8. The van der Waals surface area contributed by atoms with Crippen molar-refractivity contribution in [1.82, 2.24) is 58.5 Å². The molecular formula is C76H83Cl2Cs2F4N15O23. The SMILES string of the molecule is CC(Oc1ccn2ncc(C(=O)O)c2n1)c1cc(F)ccc1OCCN.CC(Oc1ccn2ncc(C(=O)O)c2n1)c1cc(F)ccc1OCCN1C(=O)CCC1=O.CCOC(=O)c1cnn2ccc(Cl)nc12.C[C@@H](O)c1cc(F)ccc1O.C[C@@H](O)c1cc(F)ccc1OCCN1C(=O)CCC1=O.NN.O=C1CCC(=O)N1CCCl.O=CO[O-].[Cs+].[Cs+].[H-]. The molecule has 10 aromatic rings. The van der Waals surface area contributed by atoms with Crippen molar-refractivity contribution >= 4 is 100.0 Å². The number of esters is 1. The molecule has 3 fully saturated rings. The molecule has 3 saturated heterocycles. The summed E-state index contributed by atoms with van der Waals surface area (Å²) in [6.07, 6.45) is 7.08. The fraction of sp³-hybridized carbons (Fsp3) is 0.316. The standard InChI is InChI=1S/C21H19FN4O6.C17H17FN4O4.C14H16FNO4.C9H8ClN3O2.C8H9FO2.C6H8ClNO2.CH2O3.2Cs.H4N2.H/c1-12(32-17-6-7-26-20(24-17)15(11-23-26)21(29)30)14-10-13(22)2-3-16(14)31-9-8-25-18(27)4-5-19(25)28;1-10(12-8-11(18)2-3-14(12)25-7-5-19)26-15-4-6-22-16(21-15)13(9-20-22)17(23)24;1-9(17)11-8-10(15)2-3-12(11)20-7-6-16-13(18)4-5-14(16)19;1-2-15-9(14)6-5-11-13-4-3-7(10)12-8(6)13;1-5(10)7-4-6(9)2-3-8(7)11;7-3-4-8-5(9)1-2-6(8)10;2-1-4-3;;;1-2;/h2-3,6-7,10-12H,4-5,8-9H2,1H3,(H,29,30);2-4,6,8-10H,5,7,19H2,1H3,(H,23,24);2-3,8-9,17H,4-7H2,1H3;3-5H,2H2,1H3;2-5,10-11H,1H3;1-4H2;1,3H;;;1-2H2;/q;;;;;;;2*+1;;-1/p-1/t;;9-;;5-;;;;;;/m..1.1....../s1. The fourth-order valence-electron chi connectivity index (χ4n) is 11.0. The molecule has 38 nitrogen and oxygen atoms in total. The molecule has 644 valence electrons. The van der Waals surface area contributed by atoms with E-state index in [0.717, 1.165) is 21.9 Å². The summed E-state index contributed by atoms with van der Waals surface area (Å²) in [5.41, 5.74) is 7.73. The van der Waals surface area contributed by atoms with Crippen LogP contribution in [0.15, 0.2) is 128 Å². The summed E-state index contributed by atoms with van der Waals surface area (Å²) in [6, 6.07) is 20.0. The zero-order valence-electron chi connectivity index (χ0n) is 67.6. The minimum absolute atomic E-state index is 0. The second-order valence-electron chi connectivity index (χ2n) is 24.7. The first-order valence-corrected chi connectivity index (χ1v) is 36.8. The molecule has 0 bridgehead atoms. The number of phenols is 1. The van der Waals surface area contributed by atoms with Crippen LogP contribution in [0, 0.1) is 23.3 Å². The molecule has 3 aliphatic heterocycles. The van der Waals surface area contributed by atoms with E-state index in [4.69, 9.17) is 82.7 Å². The third kappa shape index (κ3) is 31.3. The number of aromatic nitrogens is 9. The molecule has 9 heterocycles. The zero-order valence-corrected chi connectivity index (χ0v) is 80.6. The number of carboxylic acid groups (broad SMARTS) is 2. The van der Waals surface area contributed by atoms with E-state index in [1.807, 2.05) is 0 Å². The predicted octanol–water partition coefficient (Wildman–Crippen LogP) is 0.578. The average Bonchev–Trinajstić information content (AvgIpc) is 1.70. The molecule has 6 amide bonds. The van der Waals surface area contributed by atoms with Crippen LogP contribution in [0.25, 0.3) is 16.9 Å². The molecule has 0 radical (unpaired) electrons. The summed E-state index contributed by atoms with van der Waals surface area (Å²) in [7, 11) is 0. The number of nitrogens with two attached hydrogens (primary N) is 3. The number of likely N-dealkylation sites (tertiary alicyclic amines) is 3. The number of hydrogen-bond acceptors (Lipinski definition) is 30. The Morgan fingerprint density at radius 1 is 0.533 bits per heavy atom. The largest absolute Gasteiger partial charge is 1.00 e. The Morgan fingerprint density at radius 2 is 0.869 bits per heavy atom. The number of imide groups is 3. The van der Waals surface area contributed by atoms with Crippen molar-refractivity contribution in [2.24, 2.45) is 17.4 Å². The van der Waals surface area contributed by atoms with E-state index in [-0.39, 0.29) is 285 Å². The Bertz CT molecular complexity index is 5190. The van der Waals surface area contributed by atoms with Gasteiger partial charge in [0.1, 0.15) is 100 Å². The van der Waals surface area contributed by atoms with Gasteiger partial charge in [-0.15, -0.1) is 11.6 Å². The number of rotatable bonds is 26. The fourth-order valence-corrected chi connectivity index (χ4v) is 11.3. The van der Waals surface area contributed by atoms with E-state index in [9.17, 15) is 70.9 Å². The maximum absolute atomic E-state index is 13.9. The maximum atomic E-state index is 13.9. The van der Waals surface area contributed by atoms with Crippen LogP contribution < -0.4 is 184 Å². The molecule has 0 spiro atoms. The molecule has 6 aromatic heterocycles. The van der Waals surface area contributed by atoms with Crippen LogP contribution in [0.5, 0.6) is 34.8 Å².